The van der Waals surface area contributed by atoms with E-state index in [2.05, 4.69) is 25.3 Å². The molecule has 0 saturated heterocycles. The van der Waals surface area contributed by atoms with Crippen LogP contribution in [0.2, 0.25) is 0 Å². The van der Waals surface area contributed by atoms with Crippen molar-refractivity contribution in [2.75, 3.05) is 26.2 Å². The predicted molar refractivity (Wildman–Crippen MR) is 72.8 cm³/mol. The standard InChI is InChI=1S/C15H27FN2/c1-4-18(5-2,6-3)13-7-10-17-11-8-15(14-16)9-12-17/h8-9,11-12H,4-7,10,13-14H2,1-3H3/q+2. The van der Waals surface area contributed by atoms with Gasteiger partial charge in [-0.1, -0.05) is 0 Å². The first-order valence-electron chi connectivity index (χ1n) is 7.08. The van der Waals surface area contributed by atoms with Crippen LogP contribution in [0.3, 0.4) is 0 Å². The summed E-state index contributed by atoms with van der Waals surface area (Å²) in [5.41, 5.74) is 0.757. The van der Waals surface area contributed by atoms with Gasteiger partial charge < -0.3 is 4.48 Å². The second-order valence-corrected chi connectivity index (χ2v) is 4.95. The largest absolute Gasteiger partial charge is 0.324 e. The SMILES string of the molecule is CC[N+](CC)(CC)CCC[n+]1ccc(CF)cc1. The second-order valence-electron chi connectivity index (χ2n) is 4.95. The number of rotatable bonds is 8. The van der Waals surface area contributed by atoms with Gasteiger partial charge in [0.2, 0.25) is 0 Å². The molecule has 18 heavy (non-hydrogen) atoms. The van der Waals surface area contributed by atoms with Crippen molar-refractivity contribution in [1.29, 1.82) is 0 Å². The first kappa shape index (κ1) is 15.1. The molecule has 2 nitrogen and oxygen atoms in total. The highest BCUT2D eigenvalue weighted by atomic mass is 19.1. The van der Waals surface area contributed by atoms with E-state index in [1.807, 2.05) is 24.5 Å². The van der Waals surface area contributed by atoms with Crippen LogP contribution < -0.4 is 4.57 Å². The van der Waals surface area contributed by atoms with Crippen molar-refractivity contribution in [2.45, 2.75) is 40.4 Å². The third-order valence-electron chi connectivity index (χ3n) is 4.18. The molecule has 1 aromatic rings. The highest BCUT2D eigenvalue weighted by Gasteiger charge is 2.20. The van der Waals surface area contributed by atoms with Crippen molar-refractivity contribution in [3.05, 3.63) is 30.1 Å². The molecule has 0 spiro atoms. The van der Waals surface area contributed by atoms with Crippen LogP contribution in [0.25, 0.3) is 0 Å². The molecule has 0 aliphatic rings. The van der Waals surface area contributed by atoms with Crippen molar-refractivity contribution < 1.29 is 13.4 Å². The summed E-state index contributed by atoms with van der Waals surface area (Å²) in [6.07, 6.45) is 5.13. The van der Waals surface area contributed by atoms with Gasteiger partial charge in [0, 0.05) is 12.1 Å². The van der Waals surface area contributed by atoms with Gasteiger partial charge in [-0.2, -0.15) is 0 Å². The van der Waals surface area contributed by atoms with Gasteiger partial charge in [-0.05, 0) is 26.3 Å². The quantitative estimate of drug-likeness (QED) is 0.496. The maximum atomic E-state index is 12.4. The molecule has 3 heteroatoms. The maximum Gasteiger partial charge on any atom is 0.169 e. The second kappa shape index (κ2) is 7.47. The van der Waals surface area contributed by atoms with Gasteiger partial charge in [-0.15, -0.1) is 0 Å². The summed E-state index contributed by atoms with van der Waals surface area (Å²) in [4.78, 5) is 0. The number of hydrogen-bond donors (Lipinski definition) is 0. The zero-order chi connectivity index (χ0) is 13.4. The van der Waals surface area contributed by atoms with E-state index in [1.54, 1.807) is 0 Å². The lowest BCUT2D eigenvalue weighted by atomic mass is 10.2. The fourth-order valence-electron chi connectivity index (χ4n) is 2.46. The Balaban J connectivity index is 2.44. The molecule has 0 bridgehead atoms. The summed E-state index contributed by atoms with van der Waals surface area (Å²) in [6, 6.07) is 3.73. The molecule has 102 valence electrons. The molecule has 1 aromatic heterocycles. The molecule has 0 fully saturated rings. The van der Waals surface area contributed by atoms with E-state index in [9.17, 15) is 4.39 Å². The normalized spacial score (nSPS) is 11.8. The van der Waals surface area contributed by atoms with Crippen LogP contribution in [0.4, 0.5) is 4.39 Å². The van der Waals surface area contributed by atoms with Gasteiger partial charge in [-0.3, -0.25) is 0 Å². The van der Waals surface area contributed by atoms with Crippen LogP contribution in [-0.2, 0) is 13.2 Å². The number of quaternary nitrogens is 1. The van der Waals surface area contributed by atoms with Gasteiger partial charge in [-0.25, -0.2) is 8.96 Å². The molecule has 0 aromatic carbocycles. The Bertz CT molecular complexity index is 323. The van der Waals surface area contributed by atoms with Crippen molar-refractivity contribution in [1.82, 2.24) is 0 Å². The van der Waals surface area contributed by atoms with Gasteiger partial charge in [0.1, 0.15) is 6.67 Å². The number of nitrogens with zero attached hydrogens (tertiary/aromatic N) is 2. The van der Waals surface area contributed by atoms with E-state index in [-0.39, 0.29) is 6.67 Å². The molecule has 1 heterocycles. The van der Waals surface area contributed by atoms with Crippen molar-refractivity contribution >= 4 is 0 Å². The summed E-state index contributed by atoms with van der Waals surface area (Å²) in [5.74, 6) is 0. The third kappa shape index (κ3) is 4.05. The molecule has 0 N–H and O–H groups in total. The molecule has 0 unspecified atom stereocenters. The van der Waals surface area contributed by atoms with Crippen LogP contribution in [-0.4, -0.2) is 30.7 Å². The predicted octanol–water partition coefficient (Wildman–Crippen LogP) is 2.71. The van der Waals surface area contributed by atoms with E-state index in [0.29, 0.717) is 0 Å². The van der Waals surface area contributed by atoms with Crippen molar-refractivity contribution in [3.63, 3.8) is 0 Å². The number of aromatic nitrogens is 1. The van der Waals surface area contributed by atoms with Gasteiger partial charge in [0.05, 0.1) is 32.6 Å². The number of alkyl halides is 1. The van der Waals surface area contributed by atoms with E-state index in [4.69, 9.17) is 0 Å². The van der Waals surface area contributed by atoms with Crippen LogP contribution >= 0.6 is 0 Å². The number of halogens is 1. The van der Waals surface area contributed by atoms with Gasteiger partial charge in [0.25, 0.3) is 0 Å². The molecule has 0 atom stereocenters. The first-order valence-corrected chi connectivity index (χ1v) is 7.08. The zero-order valence-corrected chi connectivity index (χ0v) is 12.0. The van der Waals surface area contributed by atoms with Crippen LogP contribution in [0.15, 0.2) is 24.5 Å². The molecule has 1 rings (SSSR count). The summed E-state index contributed by atoms with van der Waals surface area (Å²) in [7, 11) is 0. The van der Waals surface area contributed by atoms with E-state index in [0.717, 1.165) is 12.1 Å². The Kier molecular flexibility index (Phi) is 6.27. The topological polar surface area (TPSA) is 3.88 Å². The minimum Gasteiger partial charge on any atom is -0.324 e. The Morgan fingerprint density at radius 3 is 2.06 bits per heavy atom. The Hall–Kier alpha value is -0.960. The fraction of sp³-hybridized carbons (Fsp3) is 0.667. The summed E-state index contributed by atoms with van der Waals surface area (Å²) >= 11 is 0. The van der Waals surface area contributed by atoms with Crippen LogP contribution in [0, 0.1) is 0 Å². The summed E-state index contributed by atoms with van der Waals surface area (Å²) in [6.45, 7) is 12.3. The summed E-state index contributed by atoms with van der Waals surface area (Å²) < 4.78 is 15.7. The maximum absolute atomic E-state index is 12.4. The monoisotopic (exact) mass is 254 g/mol. The van der Waals surface area contributed by atoms with E-state index < -0.39 is 0 Å². The average molecular weight is 254 g/mol. The van der Waals surface area contributed by atoms with E-state index in [1.165, 1.54) is 37.1 Å². The van der Waals surface area contributed by atoms with E-state index >= 15 is 0 Å². The molecule has 0 radical (unpaired) electrons. The first-order chi connectivity index (χ1) is 8.69. The lowest BCUT2D eigenvalue weighted by Gasteiger charge is -2.35. The highest BCUT2D eigenvalue weighted by Crippen LogP contribution is 2.07. The van der Waals surface area contributed by atoms with Crippen LogP contribution in [0.1, 0.15) is 32.8 Å². The Labute approximate surface area is 111 Å². The molecule has 0 aliphatic heterocycles. The third-order valence-corrected chi connectivity index (χ3v) is 4.18. The number of aryl methyl sites for hydroxylation is 1. The van der Waals surface area contributed by atoms with Gasteiger partial charge in [0.15, 0.2) is 18.9 Å². The minimum atomic E-state index is -0.373. The lowest BCUT2D eigenvalue weighted by Crippen LogP contribution is -2.49. The lowest BCUT2D eigenvalue weighted by molar-refractivity contribution is -0.925. The molecular formula is C15H27FN2+2. The molecule has 0 aliphatic carbocycles. The number of pyridine rings is 1. The van der Waals surface area contributed by atoms with Gasteiger partial charge >= 0.3 is 0 Å². The molecular weight excluding hydrogens is 227 g/mol. The van der Waals surface area contributed by atoms with Crippen LogP contribution in [0.5, 0.6) is 0 Å². The Morgan fingerprint density at radius 2 is 1.61 bits per heavy atom. The number of hydrogen-bond acceptors (Lipinski definition) is 0. The molecule has 0 amide bonds. The van der Waals surface area contributed by atoms with Crippen molar-refractivity contribution in [3.8, 4) is 0 Å². The fourth-order valence-corrected chi connectivity index (χ4v) is 2.46. The zero-order valence-electron chi connectivity index (χ0n) is 12.0. The van der Waals surface area contributed by atoms with Crippen molar-refractivity contribution in [2.24, 2.45) is 0 Å². The highest BCUT2D eigenvalue weighted by molar-refractivity contribution is 5.04. The minimum absolute atomic E-state index is 0.373. The molecule has 0 saturated carbocycles. The summed E-state index contributed by atoms with van der Waals surface area (Å²) in [5, 5.41) is 0. The average Bonchev–Trinajstić information content (AvgIpc) is 2.45. The smallest absolute Gasteiger partial charge is 0.169 e. The Morgan fingerprint density at radius 1 is 1.06 bits per heavy atom.